The quantitative estimate of drug-likeness (QED) is 0.615. The summed E-state index contributed by atoms with van der Waals surface area (Å²) in [5, 5.41) is 2.54. The highest BCUT2D eigenvalue weighted by atomic mass is 16.5. The van der Waals surface area contributed by atoms with Gasteiger partial charge in [-0.1, -0.05) is 0 Å². The van der Waals surface area contributed by atoms with Crippen molar-refractivity contribution in [3.8, 4) is 0 Å². The molecule has 1 rings (SSSR count). The maximum absolute atomic E-state index is 11.4. The SMILES string of the molecule is CCOCCN1CCC(=O)NCC1=O. The van der Waals surface area contributed by atoms with Gasteiger partial charge in [0.05, 0.1) is 13.2 Å². The van der Waals surface area contributed by atoms with Crippen molar-refractivity contribution in [3.63, 3.8) is 0 Å². The minimum atomic E-state index is -0.0581. The van der Waals surface area contributed by atoms with E-state index in [2.05, 4.69) is 5.32 Å². The fraction of sp³-hybridized carbons (Fsp3) is 0.778. The Bertz CT molecular complexity index is 218. The zero-order chi connectivity index (χ0) is 10.4. The summed E-state index contributed by atoms with van der Waals surface area (Å²) in [5.74, 6) is -0.0900. The van der Waals surface area contributed by atoms with Gasteiger partial charge in [-0.15, -0.1) is 0 Å². The molecule has 5 nitrogen and oxygen atoms in total. The molecule has 0 aromatic rings. The van der Waals surface area contributed by atoms with Gasteiger partial charge in [0.25, 0.3) is 0 Å². The van der Waals surface area contributed by atoms with Crippen LogP contribution >= 0.6 is 0 Å². The summed E-state index contributed by atoms with van der Waals surface area (Å²) in [7, 11) is 0. The maximum atomic E-state index is 11.4. The van der Waals surface area contributed by atoms with Crippen molar-refractivity contribution >= 4 is 11.8 Å². The largest absolute Gasteiger partial charge is 0.380 e. The van der Waals surface area contributed by atoms with Crippen LogP contribution in [0.4, 0.5) is 0 Å². The molecule has 1 aliphatic rings. The van der Waals surface area contributed by atoms with Gasteiger partial charge >= 0.3 is 0 Å². The minimum Gasteiger partial charge on any atom is -0.380 e. The second kappa shape index (κ2) is 5.59. The third-order valence-corrected chi connectivity index (χ3v) is 2.11. The first-order valence-corrected chi connectivity index (χ1v) is 4.86. The molecule has 2 amide bonds. The number of rotatable bonds is 4. The van der Waals surface area contributed by atoms with Gasteiger partial charge in [0.15, 0.2) is 0 Å². The lowest BCUT2D eigenvalue weighted by Crippen LogP contribution is -2.37. The van der Waals surface area contributed by atoms with E-state index >= 15 is 0 Å². The highest BCUT2D eigenvalue weighted by molar-refractivity contribution is 5.87. The fourth-order valence-electron chi connectivity index (χ4n) is 1.29. The molecule has 0 atom stereocenters. The molecule has 0 radical (unpaired) electrons. The maximum Gasteiger partial charge on any atom is 0.242 e. The van der Waals surface area contributed by atoms with Crippen molar-refractivity contribution in [1.82, 2.24) is 10.2 Å². The number of hydrogen-bond acceptors (Lipinski definition) is 3. The summed E-state index contributed by atoms with van der Waals surface area (Å²) in [6.07, 6.45) is 0.387. The molecule has 5 heteroatoms. The van der Waals surface area contributed by atoms with E-state index in [0.29, 0.717) is 32.7 Å². The Morgan fingerprint density at radius 3 is 3.00 bits per heavy atom. The van der Waals surface area contributed by atoms with Crippen LogP contribution in [-0.2, 0) is 14.3 Å². The molecule has 0 bridgehead atoms. The summed E-state index contributed by atoms with van der Waals surface area (Å²) in [4.78, 5) is 24.1. The molecule has 1 aliphatic heterocycles. The predicted molar refractivity (Wildman–Crippen MR) is 50.7 cm³/mol. The van der Waals surface area contributed by atoms with Crippen LogP contribution in [0.1, 0.15) is 13.3 Å². The Kier molecular flexibility index (Phi) is 4.39. The Balaban J connectivity index is 2.34. The van der Waals surface area contributed by atoms with E-state index in [0.717, 1.165) is 0 Å². The van der Waals surface area contributed by atoms with E-state index in [1.807, 2.05) is 6.92 Å². The number of carbonyl (C=O) groups is 2. The van der Waals surface area contributed by atoms with E-state index < -0.39 is 0 Å². The highest BCUT2D eigenvalue weighted by Crippen LogP contribution is 1.97. The molecule has 14 heavy (non-hydrogen) atoms. The molecular weight excluding hydrogens is 184 g/mol. The number of carbonyl (C=O) groups excluding carboxylic acids is 2. The van der Waals surface area contributed by atoms with Gasteiger partial charge in [-0.25, -0.2) is 0 Å². The Morgan fingerprint density at radius 1 is 1.50 bits per heavy atom. The van der Waals surface area contributed by atoms with Crippen molar-refractivity contribution in [1.29, 1.82) is 0 Å². The van der Waals surface area contributed by atoms with Crippen molar-refractivity contribution in [2.45, 2.75) is 13.3 Å². The van der Waals surface area contributed by atoms with Crippen molar-refractivity contribution in [3.05, 3.63) is 0 Å². The van der Waals surface area contributed by atoms with Crippen molar-refractivity contribution < 1.29 is 14.3 Å². The van der Waals surface area contributed by atoms with E-state index in [-0.39, 0.29) is 18.4 Å². The van der Waals surface area contributed by atoms with Gasteiger partial charge in [0, 0.05) is 26.1 Å². The van der Waals surface area contributed by atoms with Crippen LogP contribution in [0.3, 0.4) is 0 Å². The standard InChI is InChI=1S/C9H16N2O3/c1-2-14-6-5-11-4-3-8(12)10-7-9(11)13/h2-7H2,1H3,(H,10,12). The van der Waals surface area contributed by atoms with Gasteiger partial charge in [-0.2, -0.15) is 0 Å². The molecule has 1 N–H and O–H groups in total. The lowest BCUT2D eigenvalue weighted by Gasteiger charge is -2.19. The first-order valence-electron chi connectivity index (χ1n) is 4.86. The van der Waals surface area contributed by atoms with Crippen molar-refractivity contribution in [2.75, 3.05) is 32.8 Å². The molecule has 0 aliphatic carbocycles. The fourth-order valence-corrected chi connectivity index (χ4v) is 1.29. The van der Waals surface area contributed by atoms with Crippen LogP contribution < -0.4 is 5.32 Å². The first-order chi connectivity index (χ1) is 6.74. The third-order valence-electron chi connectivity index (χ3n) is 2.11. The van der Waals surface area contributed by atoms with Crippen LogP contribution in [0, 0.1) is 0 Å². The average molecular weight is 200 g/mol. The van der Waals surface area contributed by atoms with Gasteiger partial charge in [-0.05, 0) is 6.92 Å². The molecule has 0 unspecified atom stereocenters. The van der Waals surface area contributed by atoms with Crippen LogP contribution in [0.15, 0.2) is 0 Å². The topological polar surface area (TPSA) is 58.6 Å². The van der Waals surface area contributed by atoms with Gasteiger partial charge < -0.3 is 15.0 Å². The Morgan fingerprint density at radius 2 is 2.29 bits per heavy atom. The van der Waals surface area contributed by atoms with E-state index in [9.17, 15) is 9.59 Å². The Labute approximate surface area is 83.4 Å². The summed E-state index contributed by atoms with van der Waals surface area (Å²) < 4.78 is 5.15. The molecule has 0 aromatic carbocycles. The van der Waals surface area contributed by atoms with Crippen LogP contribution in [0.25, 0.3) is 0 Å². The summed E-state index contributed by atoms with van der Waals surface area (Å²) >= 11 is 0. The Hall–Kier alpha value is -1.10. The number of nitrogens with zero attached hydrogens (tertiary/aromatic N) is 1. The molecule has 0 saturated carbocycles. The molecule has 0 spiro atoms. The summed E-state index contributed by atoms with van der Waals surface area (Å²) in [6, 6.07) is 0. The third kappa shape index (κ3) is 3.33. The van der Waals surface area contributed by atoms with E-state index in [1.54, 1.807) is 4.90 Å². The normalized spacial score (nSPS) is 17.9. The van der Waals surface area contributed by atoms with Gasteiger partial charge in [0.1, 0.15) is 0 Å². The lowest BCUT2D eigenvalue weighted by molar-refractivity contribution is -0.130. The number of nitrogens with one attached hydrogen (secondary N) is 1. The second-order valence-electron chi connectivity index (χ2n) is 3.10. The van der Waals surface area contributed by atoms with Crippen LogP contribution in [-0.4, -0.2) is 49.6 Å². The molecule has 1 fully saturated rings. The minimum absolute atomic E-state index is 0.0319. The smallest absolute Gasteiger partial charge is 0.242 e. The predicted octanol–water partition coefficient (Wildman–Crippen LogP) is -0.629. The lowest BCUT2D eigenvalue weighted by atomic mass is 10.4. The average Bonchev–Trinajstić information content (AvgIpc) is 2.33. The summed E-state index contributed by atoms with van der Waals surface area (Å²) in [5.41, 5.74) is 0. The van der Waals surface area contributed by atoms with Crippen molar-refractivity contribution in [2.24, 2.45) is 0 Å². The number of amides is 2. The monoisotopic (exact) mass is 200 g/mol. The second-order valence-corrected chi connectivity index (χ2v) is 3.10. The first kappa shape index (κ1) is 11.0. The number of ether oxygens (including phenoxy) is 1. The van der Waals surface area contributed by atoms with Crippen LogP contribution in [0.5, 0.6) is 0 Å². The molecular formula is C9H16N2O3. The van der Waals surface area contributed by atoms with Crippen LogP contribution in [0.2, 0.25) is 0 Å². The van der Waals surface area contributed by atoms with E-state index in [4.69, 9.17) is 4.74 Å². The highest BCUT2D eigenvalue weighted by Gasteiger charge is 2.19. The van der Waals surface area contributed by atoms with E-state index in [1.165, 1.54) is 0 Å². The zero-order valence-electron chi connectivity index (χ0n) is 8.41. The van der Waals surface area contributed by atoms with Gasteiger partial charge in [-0.3, -0.25) is 9.59 Å². The molecule has 80 valence electrons. The molecule has 0 aromatic heterocycles. The summed E-state index contributed by atoms with van der Waals surface area (Å²) in [6.45, 7) is 4.29. The van der Waals surface area contributed by atoms with Gasteiger partial charge in [0.2, 0.25) is 11.8 Å². The number of hydrogen-bond donors (Lipinski definition) is 1. The zero-order valence-corrected chi connectivity index (χ0v) is 8.41. The molecule has 1 heterocycles. The molecule has 1 saturated heterocycles.